The van der Waals surface area contributed by atoms with E-state index in [0.717, 1.165) is 17.8 Å². The van der Waals surface area contributed by atoms with Crippen LogP contribution in [0.25, 0.3) is 22.5 Å². The number of nitrogens with one attached hydrogen (secondary N) is 2. The molecule has 0 aliphatic carbocycles. The summed E-state index contributed by atoms with van der Waals surface area (Å²) in [5.74, 6) is -2.60. The lowest BCUT2D eigenvalue weighted by Gasteiger charge is -2.10. The van der Waals surface area contributed by atoms with Crippen molar-refractivity contribution in [3.63, 3.8) is 0 Å². The van der Waals surface area contributed by atoms with Gasteiger partial charge in [0, 0.05) is 42.0 Å². The summed E-state index contributed by atoms with van der Waals surface area (Å²) in [6.07, 6.45) is 2.19. The first-order chi connectivity index (χ1) is 15.0. The molecule has 0 saturated carbocycles. The number of hydrogen-bond acceptors (Lipinski definition) is 3. The third kappa shape index (κ3) is 4.48. The molecule has 2 aromatic carbocycles. The Morgan fingerprint density at radius 1 is 0.968 bits per heavy atom. The molecule has 4 rings (SSSR count). The van der Waals surface area contributed by atoms with Gasteiger partial charge in [-0.3, -0.25) is 14.9 Å². The molecule has 4 aromatic rings. The molecule has 0 atom stereocenters. The van der Waals surface area contributed by atoms with Gasteiger partial charge in [-0.05, 0) is 42.5 Å². The van der Waals surface area contributed by atoms with Crippen molar-refractivity contribution in [2.75, 3.05) is 6.54 Å². The SMILES string of the molecule is O=C(NCCc1ccccn1)c1cccc(F)c1-c1cc(-c2ccc(F)cc2F)n[nH]1. The van der Waals surface area contributed by atoms with Crippen LogP contribution >= 0.6 is 0 Å². The maximum absolute atomic E-state index is 14.7. The van der Waals surface area contributed by atoms with Crippen LogP contribution in [0.3, 0.4) is 0 Å². The topological polar surface area (TPSA) is 70.7 Å². The van der Waals surface area contributed by atoms with E-state index >= 15 is 0 Å². The number of rotatable bonds is 6. The van der Waals surface area contributed by atoms with E-state index in [4.69, 9.17) is 0 Å². The van der Waals surface area contributed by atoms with Crippen molar-refractivity contribution in [1.82, 2.24) is 20.5 Å². The summed E-state index contributed by atoms with van der Waals surface area (Å²) >= 11 is 0. The number of benzene rings is 2. The zero-order valence-electron chi connectivity index (χ0n) is 16.2. The Bertz CT molecular complexity index is 1220. The van der Waals surface area contributed by atoms with Crippen LogP contribution < -0.4 is 5.32 Å². The predicted molar refractivity (Wildman–Crippen MR) is 110 cm³/mol. The minimum Gasteiger partial charge on any atom is -0.352 e. The third-order valence-electron chi connectivity index (χ3n) is 4.71. The number of aromatic nitrogens is 3. The van der Waals surface area contributed by atoms with Gasteiger partial charge in [-0.15, -0.1) is 0 Å². The van der Waals surface area contributed by atoms with Crippen LogP contribution in [0.2, 0.25) is 0 Å². The van der Waals surface area contributed by atoms with Gasteiger partial charge in [0.25, 0.3) is 5.91 Å². The highest BCUT2D eigenvalue weighted by Gasteiger charge is 2.20. The second-order valence-electron chi connectivity index (χ2n) is 6.78. The average Bonchev–Trinajstić information content (AvgIpc) is 3.23. The van der Waals surface area contributed by atoms with Crippen LogP contribution in [0, 0.1) is 17.5 Å². The van der Waals surface area contributed by atoms with Crippen LogP contribution in [-0.4, -0.2) is 27.6 Å². The fraction of sp³-hybridized carbons (Fsp3) is 0.0870. The summed E-state index contributed by atoms with van der Waals surface area (Å²) in [6, 6.07) is 14.2. The maximum Gasteiger partial charge on any atom is 0.252 e. The lowest BCUT2D eigenvalue weighted by molar-refractivity contribution is 0.0954. The molecule has 0 aliphatic heterocycles. The Balaban J connectivity index is 1.58. The second kappa shape index (κ2) is 8.83. The summed E-state index contributed by atoms with van der Waals surface area (Å²) in [5, 5.41) is 9.40. The van der Waals surface area contributed by atoms with Gasteiger partial charge in [0.05, 0.1) is 17.0 Å². The van der Waals surface area contributed by atoms with E-state index in [1.165, 1.54) is 30.3 Å². The Labute approximate surface area is 176 Å². The molecule has 0 radical (unpaired) electrons. The van der Waals surface area contributed by atoms with Crippen molar-refractivity contribution in [1.29, 1.82) is 0 Å². The van der Waals surface area contributed by atoms with Crippen LogP contribution in [0.1, 0.15) is 16.1 Å². The van der Waals surface area contributed by atoms with E-state index < -0.39 is 23.4 Å². The maximum atomic E-state index is 14.7. The quantitative estimate of drug-likeness (QED) is 0.480. The first kappa shape index (κ1) is 20.3. The molecule has 31 heavy (non-hydrogen) atoms. The standard InChI is InChI=1S/C23H17F3N4O/c24-14-7-8-16(19(26)12-14)20-13-21(30-29-20)22-17(5-3-6-18(22)25)23(31)28-11-9-15-4-1-2-10-27-15/h1-8,10,12-13H,9,11H2,(H,28,31)(H,29,30). The molecule has 0 unspecified atom stereocenters. The monoisotopic (exact) mass is 422 g/mol. The number of carbonyl (C=O) groups is 1. The number of carbonyl (C=O) groups excluding carboxylic acids is 1. The normalized spacial score (nSPS) is 10.8. The Morgan fingerprint density at radius 3 is 2.61 bits per heavy atom. The smallest absolute Gasteiger partial charge is 0.252 e. The van der Waals surface area contributed by atoms with Gasteiger partial charge in [0.15, 0.2) is 0 Å². The van der Waals surface area contributed by atoms with E-state index in [1.54, 1.807) is 12.3 Å². The van der Waals surface area contributed by atoms with Gasteiger partial charge in [-0.2, -0.15) is 5.10 Å². The first-order valence-corrected chi connectivity index (χ1v) is 9.51. The zero-order valence-corrected chi connectivity index (χ0v) is 16.2. The number of aromatic amines is 1. The summed E-state index contributed by atoms with van der Waals surface area (Å²) in [7, 11) is 0. The molecule has 0 spiro atoms. The molecule has 0 bridgehead atoms. The van der Waals surface area contributed by atoms with Crippen LogP contribution in [-0.2, 0) is 6.42 Å². The molecule has 2 heterocycles. The molecule has 1 amide bonds. The minimum atomic E-state index is -0.793. The van der Waals surface area contributed by atoms with Crippen molar-refractivity contribution in [2.45, 2.75) is 6.42 Å². The van der Waals surface area contributed by atoms with Gasteiger partial charge in [-0.25, -0.2) is 13.2 Å². The highest BCUT2D eigenvalue weighted by molar-refractivity contribution is 6.00. The molecule has 0 fully saturated rings. The molecule has 2 aromatic heterocycles. The van der Waals surface area contributed by atoms with E-state index in [9.17, 15) is 18.0 Å². The Hall–Kier alpha value is -3.94. The largest absolute Gasteiger partial charge is 0.352 e. The van der Waals surface area contributed by atoms with Crippen molar-refractivity contribution in [2.24, 2.45) is 0 Å². The highest BCUT2D eigenvalue weighted by Crippen LogP contribution is 2.30. The van der Waals surface area contributed by atoms with Crippen molar-refractivity contribution in [3.8, 4) is 22.5 Å². The van der Waals surface area contributed by atoms with E-state index in [2.05, 4.69) is 20.5 Å². The van der Waals surface area contributed by atoms with Crippen LogP contribution in [0.5, 0.6) is 0 Å². The molecule has 5 nitrogen and oxygen atoms in total. The number of amides is 1. The number of halogens is 3. The molecular formula is C23H17F3N4O. The van der Waals surface area contributed by atoms with Crippen molar-refractivity contribution >= 4 is 5.91 Å². The summed E-state index contributed by atoms with van der Waals surface area (Å²) in [6.45, 7) is 0.320. The lowest BCUT2D eigenvalue weighted by Crippen LogP contribution is -2.26. The third-order valence-corrected chi connectivity index (χ3v) is 4.71. The van der Waals surface area contributed by atoms with Gasteiger partial charge in [0.2, 0.25) is 0 Å². The summed E-state index contributed by atoms with van der Waals surface area (Å²) in [4.78, 5) is 16.9. The Kier molecular flexibility index (Phi) is 5.79. The van der Waals surface area contributed by atoms with Gasteiger partial charge < -0.3 is 5.32 Å². The fourth-order valence-corrected chi connectivity index (χ4v) is 3.22. The van der Waals surface area contributed by atoms with E-state index in [-0.39, 0.29) is 28.1 Å². The number of H-pyrrole nitrogens is 1. The van der Waals surface area contributed by atoms with Gasteiger partial charge >= 0.3 is 0 Å². The van der Waals surface area contributed by atoms with Crippen molar-refractivity contribution in [3.05, 3.63) is 95.6 Å². The van der Waals surface area contributed by atoms with Gasteiger partial charge in [0.1, 0.15) is 17.5 Å². The molecule has 0 saturated heterocycles. The zero-order chi connectivity index (χ0) is 21.8. The molecular weight excluding hydrogens is 405 g/mol. The number of nitrogens with zero attached hydrogens (tertiary/aromatic N) is 2. The lowest BCUT2D eigenvalue weighted by atomic mass is 10.0. The fourth-order valence-electron chi connectivity index (χ4n) is 3.22. The molecule has 156 valence electrons. The average molecular weight is 422 g/mol. The predicted octanol–water partition coefficient (Wildman–Crippen LogP) is 4.53. The summed E-state index contributed by atoms with van der Waals surface area (Å²) < 4.78 is 41.9. The molecule has 0 aliphatic rings. The van der Waals surface area contributed by atoms with Gasteiger partial charge in [-0.1, -0.05) is 12.1 Å². The van der Waals surface area contributed by atoms with Crippen LogP contribution in [0.4, 0.5) is 13.2 Å². The van der Waals surface area contributed by atoms with Crippen molar-refractivity contribution < 1.29 is 18.0 Å². The Morgan fingerprint density at radius 2 is 1.84 bits per heavy atom. The highest BCUT2D eigenvalue weighted by atomic mass is 19.1. The number of hydrogen-bond donors (Lipinski definition) is 2. The minimum absolute atomic E-state index is 0.0131. The molecule has 8 heteroatoms. The summed E-state index contributed by atoms with van der Waals surface area (Å²) in [5.41, 5.74) is 1.36. The van der Waals surface area contributed by atoms with E-state index in [0.29, 0.717) is 13.0 Å². The van der Waals surface area contributed by atoms with Crippen LogP contribution in [0.15, 0.2) is 66.9 Å². The second-order valence-corrected chi connectivity index (χ2v) is 6.78. The first-order valence-electron chi connectivity index (χ1n) is 9.51. The molecule has 2 N–H and O–H groups in total. The number of pyridine rings is 1. The van der Waals surface area contributed by atoms with E-state index in [1.807, 2.05) is 12.1 Å².